The largest absolute Gasteiger partial charge is 0.378 e. The lowest BCUT2D eigenvalue weighted by Crippen LogP contribution is -2.33. The Kier molecular flexibility index (Phi) is 4.17. The molecular formula is C14H23N3O. The highest BCUT2D eigenvalue weighted by Gasteiger charge is 2.20. The SMILES string of the molecule is Cc1cc(C(C)C)nc(NC2CCOC(C)C2)n1. The molecule has 18 heavy (non-hydrogen) atoms. The summed E-state index contributed by atoms with van der Waals surface area (Å²) in [5.74, 6) is 1.19. The van der Waals surface area contributed by atoms with Gasteiger partial charge in [0.25, 0.3) is 0 Å². The van der Waals surface area contributed by atoms with Crippen LogP contribution in [0.5, 0.6) is 0 Å². The minimum atomic E-state index is 0.325. The molecule has 0 saturated carbocycles. The summed E-state index contributed by atoms with van der Waals surface area (Å²) in [4.78, 5) is 9.06. The zero-order valence-corrected chi connectivity index (χ0v) is 11.7. The van der Waals surface area contributed by atoms with Gasteiger partial charge in [-0.15, -0.1) is 0 Å². The van der Waals surface area contributed by atoms with E-state index >= 15 is 0 Å². The predicted molar refractivity (Wildman–Crippen MR) is 72.9 cm³/mol. The molecule has 1 saturated heterocycles. The summed E-state index contributed by atoms with van der Waals surface area (Å²) < 4.78 is 5.55. The molecule has 1 fully saturated rings. The lowest BCUT2D eigenvalue weighted by Gasteiger charge is -2.28. The molecule has 2 atom stereocenters. The fourth-order valence-electron chi connectivity index (χ4n) is 2.26. The zero-order valence-electron chi connectivity index (χ0n) is 11.7. The zero-order chi connectivity index (χ0) is 13.1. The summed E-state index contributed by atoms with van der Waals surface area (Å²) in [6.45, 7) is 9.27. The second-order valence-corrected chi connectivity index (χ2v) is 5.46. The standard InChI is InChI=1S/C14H23N3O/c1-9(2)13-7-10(3)15-14(17-13)16-12-5-6-18-11(4)8-12/h7,9,11-12H,5-6,8H2,1-4H3,(H,15,16,17). The van der Waals surface area contributed by atoms with Crippen molar-refractivity contribution in [3.05, 3.63) is 17.5 Å². The molecule has 0 radical (unpaired) electrons. The fourth-order valence-corrected chi connectivity index (χ4v) is 2.26. The molecule has 2 heterocycles. The number of ether oxygens (including phenoxy) is 1. The van der Waals surface area contributed by atoms with Crippen LogP contribution in [0.4, 0.5) is 5.95 Å². The van der Waals surface area contributed by atoms with E-state index in [1.165, 1.54) is 0 Å². The van der Waals surface area contributed by atoms with E-state index in [2.05, 4.69) is 42.1 Å². The Balaban J connectivity index is 2.08. The average Bonchev–Trinajstić information content (AvgIpc) is 2.28. The summed E-state index contributed by atoms with van der Waals surface area (Å²) in [6, 6.07) is 2.48. The summed E-state index contributed by atoms with van der Waals surface area (Å²) >= 11 is 0. The van der Waals surface area contributed by atoms with Gasteiger partial charge in [0.1, 0.15) is 0 Å². The first-order valence-electron chi connectivity index (χ1n) is 6.78. The molecule has 0 spiro atoms. The normalized spacial score (nSPS) is 24.3. The van der Waals surface area contributed by atoms with E-state index in [9.17, 15) is 0 Å². The maximum absolute atomic E-state index is 5.55. The molecule has 0 aromatic carbocycles. The number of aryl methyl sites for hydroxylation is 1. The highest BCUT2D eigenvalue weighted by atomic mass is 16.5. The van der Waals surface area contributed by atoms with Gasteiger partial charge in [-0.3, -0.25) is 0 Å². The summed E-state index contributed by atoms with van der Waals surface area (Å²) in [5, 5.41) is 3.45. The predicted octanol–water partition coefficient (Wildman–Crippen LogP) is 2.89. The van der Waals surface area contributed by atoms with Crippen molar-refractivity contribution in [2.75, 3.05) is 11.9 Å². The van der Waals surface area contributed by atoms with Crippen molar-refractivity contribution < 1.29 is 4.74 Å². The number of rotatable bonds is 3. The Labute approximate surface area is 109 Å². The lowest BCUT2D eigenvalue weighted by molar-refractivity contribution is 0.0231. The van der Waals surface area contributed by atoms with Gasteiger partial charge in [-0.2, -0.15) is 0 Å². The molecule has 1 aliphatic heterocycles. The number of anilines is 1. The second-order valence-electron chi connectivity index (χ2n) is 5.46. The van der Waals surface area contributed by atoms with E-state index < -0.39 is 0 Å². The van der Waals surface area contributed by atoms with Crippen LogP contribution in [-0.4, -0.2) is 28.7 Å². The number of nitrogens with zero attached hydrogens (tertiary/aromatic N) is 2. The first-order chi connectivity index (χ1) is 8.54. The number of hydrogen-bond donors (Lipinski definition) is 1. The summed E-state index contributed by atoms with van der Waals surface area (Å²) in [5.41, 5.74) is 2.13. The van der Waals surface area contributed by atoms with Gasteiger partial charge >= 0.3 is 0 Å². The average molecular weight is 249 g/mol. The first kappa shape index (κ1) is 13.3. The molecular weight excluding hydrogens is 226 g/mol. The van der Waals surface area contributed by atoms with E-state index in [0.29, 0.717) is 18.1 Å². The molecule has 1 aromatic heterocycles. The maximum atomic E-state index is 5.55. The monoisotopic (exact) mass is 249 g/mol. The van der Waals surface area contributed by atoms with Crippen LogP contribution < -0.4 is 5.32 Å². The third kappa shape index (κ3) is 3.42. The highest BCUT2D eigenvalue weighted by molar-refractivity contribution is 5.30. The van der Waals surface area contributed by atoms with Crippen molar-refractivity contribution in [3.8, 4) is 0 Å². The van der Waals surface area contributed by atoms with Crippen LogP contribution in [0.25, 0.3) is 0 Å². The molecule has 2 rings (SSSR count). The smallest absolute Gasteiger partial charge is 0.223 e. The van der Waals surface area contributed by atoms with E-state index in [1.54, 1.807) is 0 Å². The van der Waals surface area contributed by atoms with Gasteiger partial charge in [-0.05, 0) is 38.7 Å². The summed E-state index contributed by atoms with van der Waals surface area (Å²) in [6.07, 6.45) is 2.37. The van der Waals surface area contributed by atoms with Gasteiger partial charge in [0.2, 0.25) is 5.95 Å². The molecule has 0 amide bonds. The van der Waals surface area contributed by atoms with Crippen molar-refractivity contribution in [3.63, 3.8) is 0 Å². The molecule has 1 aromatic rings. The van der Waals surface area contributed by atoms with Crippen LogP contribution in [0.1, 0.15) is 50.9 Å². The van der Waals surface area contributed by atoms with Gasteiger partial charge in [0.05, 0.1) is 6.10 Å². The summed E-state index contributed by atoms with van der Waals surface area (Å²) in [7, 11) is 0. The molecule has 1 N–H and O–H groups in total. The van der Waals surface area contributed by atoms with Crippen molar-refractivity contribution in [2.24, 2.45) is 0 Å². The van der Waals surface area contributed by atoms with Gasteiger partial charge in [-0.25, -0.2) is 9.97 Å². The third-order valence-corrected chi connectivity index (χ3v) is 3.28. The van der Waals surface area contributed by atoms with Gasteiger partial charge < -0.3 is 10.1 Å². The maximum Gasteiger partial charge on any atom is 0.223 e. The minimum Gasteiger partial charge on any atom is -0.378 e. The van der Waals surface area contributed by atoms with Crippen LogP contribution in [-0.2, 0) is 4.74 Å². The van der Waals surface area contributed by atoms with Crippen LogP contribution in [0.3, 0.4) is 0 Å². The van der Waals surface area contributed by atoms with Gasteiger partial charge in [0, 0.05) is 24.0 Å². The topological polar surface area (TPSA) is 47.0 Å². The number of nitrogens with one attached hydrogen (secondary N) is 1. The quantitative estimate of drug-likeness (QED) is 0.894. The Hall–Kier alpha value is -1.16. The third-order valence-electron chi connectivity index (χ3n) is 3.28. The highest BCUT2D eigenvalue weighted by Crippen LogP contribution is 2.19. The Morgan fingerprint density at radius 2 is 2.17 bits per heavy atom. The first-order valence-corrected chi connectivity index (χ1v) is 6.78. The molecule has 0 bridgehead atoms. The molecule has 4 heteroatoms. The minimum absolute atomic E-state index is 0.325. The van der Waals surface area contributed by atoms with E-state index in [4.69, 9.17) is 4.74 Å². The van der Waals surface area contributed by atoms with E-state index in [-0.39, 0.29) is 0 Å². The Morgan fingerprint density at radius 1 is 1.39 bits per heavy atom. The Bertz CT molecular complexity index is 406. The molecule has 0 aliphatic carbocycles. The number of hydrogen-bond acceptors (Lipinski definition) is 4. The fraction of sp³-hybridized carbons (Fsp3) is 0.714. The van der Waals surface area contributed by atoms with E-state index in [1.807, 2.05) is 6.92 Å². The van der Waals surface area contributed by atoms with E-state index in [0.717, 1.165) is 36.8 Å². The van der Waals surface area contributed by atoms with Crippen molar-refractivity contribution in [2.45, 2.75) is 58.6 Å². The van der Waals surface area contributed by atoms with Crippen molar-refractivity contribution in [1.29, 1.82) is 0 Å². The molecule has 1 aliphatic rings. The van der Waals surface area contributed by atoms with Crippen molar-refractivity contribution >= 4 is 5.95 Å². The molecule has 2 unspecified atom stereocenters. The van der Waals surface area contributed by atoms with Crippen LogP contribution >= 0.6 is 0 Å². The number of aromatic nitrogens is 2. The van der Waals surface area contributed by atoms with Crippen LogP contribution in [0.2, 0.25) is 0 Å². The van der Waals surface area contributed by atoms with Gasteiger partial charge in [0.15, 0.2) is 0 Å². The van der Waals surface area contributed by atoms with Gasteiger partial charge in [-0.1, -0.05) is 13.8 Å². The van der Waals surface area contributed by atoms with Crippen molar-refractivity contribution in [1.82, 2.24) is 9.97 Å². The second kappa shape index (κ2) is 5.65. The Morgan fingerprint density at radius 3 is 2.83 bits per heavy atom. The lowest BCUT2D eigenvalue weighted by atomic mass is 10.0. The van der Waals surface area contributed by atoms with Crippen LogP contribution in [0, 0.1) is 6.92 Å². The molecule has 4 nitrogen and oxygen atoms in total. The van der Waals surface area contributed by atoms with Crippen LogP contribution in [0.15, 0.2) is 6.07 Å². The molecule has 100 valence electrons.